The normalized spacial score (nSPS) is 19.0. The van der Waals surface area contributed by atoms with E-state index in [1.54, 1.807) is 0 Å². The first-order valence-electron chi connectivity index (χ1n) is 4.98. The summed E-state index contributed by atoms with van der Waals surface area (Å²) in [6, 6.07) is 0.306. The van der Waals surface area contributed by atoms with Crippen LogP contribution in [0.1, 0.15) is 33.1 Å². The van der Waals surface area contributed by atoms with Gasteiger partial charge in [0.1, 0.15) is 0 Å². The lowest BCUT2D eigenvalue weighted by molar-refractivity contribution is 0.666. The summed E-state index contributed by atoms with van der Waals surface area (Å²) in [5.41, 5.74) is 8.55. The molecule has 1 rings (SSSR count). The third-order valence-corrected chi connectivity index (χ3v) is 2.33. The average Bonchev–Trinajstić information content (AvgIpc) is 2.27. The van der Waals surface area contributed by atoms with Gasteiger partial charge in [-0.25, -0.2) is 0 Å². The smallest absolute Gasteiger partial charge is 0.00136 e. The fourth-order valence-electron chi connectivity index (χ4n) is 1.44. The van der Waals surface area contributed by atoms with Crippen molar-refractivity contribution in [1.82, 2.24) is 0 Å². The van der Waals surface area contributed by atoms with Crippen LogP contribution in [0.3, 0.4) is 0 Å². The Morgan fingerprint density at radius 2 is 2.08 bits per heavy atom. The molecule has 1 aliphatic carbocycles. The zero-order valence-corrected chi connectivity index (χ0v) is 8.59. The lowest BCUT2D eigenvalue weighted by Gasteiger charge is -2.07. The summed E-state index contributed by atoms with van der Waals surface area (Å²) in [5.74, 6) is 0. The molecule has 0 radical (unpaired) electrons. The minimum atomic E-state index is 0.306. The van der Waals surface area contributed by atoms with Crippen LogP contribution in [0.25, 0.3) is 0 Å². The van der Waals surface area contributed by atoms with E-state index < -0.39 is 0 Å². The maximum Gasteiger partial charge on any atom is 0.00136 e. The Morgan fingerprint density at radius 1 is 1.38 bits per heavy atom. The van der Waals surface area contributed by atoms with Crippen LogP contribution in [0.4, 0.5) is 0 Å². The van der Waals surface area contributed by atoms with Gasteiger partial charge in [-0.1, -0.05) is 24.3 Å². The van der Waals surface area contributed by atoms with Crippen LogP contribution < -0.4 is 5.73 Å². The highest BCUT2D eigenvalue weighted by Gasteiger charge is 2.01. The van der Waals surface area contributed by atoms with Gasteiger partial charge in [-0.3, -0.25) is 0 Å². The van der Waals surface area contributed by atoms with E-state index in [-0.39, 0.29) is 0 Å². The van der Waals surface area contributed by atoms with E-state index in [1.165, 1.54) is 11.1 Å². The van der Waals surface area contributed by atoms with E-state index in [0.717, 1.165) is 19.3 Å². The van der Waals surface area contributed by atoms with Gasteiger partial charge >= 0.3 is 0 Å². The van der Waals surface area contributed by atoms with Crippen molar-refractivity contribution in [1.29, 1.82) is 0 Å². The summed E-state index contributed by atoms with van der Waals surface area (Å²) in [7, 11) is 0. The summed E-state index contributed by atoms with van der Waals surface area (Å²) in [5, 5.41) is 0. The Morgan fingerprint density at radius 3 is 2.77 bits per heavy atom. The molecule has 0 aromatic carbocycles. The van der Waals surface area contributed by atoms with Crippen LogP contribution in [0.2, 0.25) is 0 Å². The third-order valence-electron chi connectivity index (χ3n) is 2.33. The molecular formula is C12H19N. The van der Waals surface area contributed by atoms with Crippen molar-refractivity contribution in [3.8, 4) is 0 Å². The van der Waals surface area contributed by atoms with Crippen molar-refractivity contribution >= 4 is 0 Å². The molecule has 2 N–H and O–H groups in total. The van der Waals surface area contributed by atoms with E-state index in [1.807, 2.05) is 0 Å². The minimum absolute atomic E-state index is 0.306. The zero-order chi connectivity index (χ0) is 9.68. The number of rotatable bonds is 3. The van der Waals surface area contributed by atoms with Crippen molar-refractivity contribution in [2.24, 2.45) is 5.73 Å². The highest BCUT2D eigenvalue weighted by molar-refractivity contribution is 5.34. The van der Waals surface area contributed by atoms with Crippen LogP contribution in [0.15, 0.2) is 35.5 Å². The van der Waals surface area contributed by atoms with E-state index in [0.29, 0.717) is 6.04 Å². The Kier molecular flexibility index (Phi) is 3.97. The molecule has 0 aromatic rings. The van der Waals surface area contributed by atoms with Crippen molar-refractivity contribution in [2.45, 2.75) is 39.2 Å². The molecule has 1 atom stereocenters. The Bertz CT molecular complexity index is 244. The van der Waals surface area contributed by atoms with Gasteiger partial charge in [0.05, 0.1) is 0 Å². The molecule has 0 saturated carbocycles. The molecular weight excluding hydrogens is 158 g/mol. The number of nitrogens with two attached hydrogens (primary N) is 1. The molecule has 0 saturated heterocycles. The molecule has 0 amide bonds. The van der Waals surface area contributed by atoms with Crippen LogP contribution >= 0.6 is 0 Å². The topological polar surface area (TPSA) is 26.0 Å². The van der Waals surface area contributed by atoms with Gasteiger partial charge in [-0.05, 0) is 44.3 Å². The molecule has 1 heteroatoms. The molecule has 0 heterocycles. The van der Waals surface area contributed by atoms with E-state index in [4.69, 9.17) is 5.73 Å². The largest absolute Gasteiger partial charge is 0.328 e. The fraction of sp³-hybridized carbons (Fsp3) is 0.500. The Hall–Kier alpha value is -0.820. The predicted octanol–water partition coefficient (Wildman–Crippen LogP) is 2.95. The van der Waals surface area contributed by atoms with Crippen LogP contribution in [-0.4, -0.2) is 6.04 Å². The molecule has 13 heavy (non-hydrogen) atoms. The fourth-order valence-corrected chi connectivity index (χ4v) is 1.44. The second-order valence-electron chi connectivity index (χ2n) is 3.76. The molecule has 0 fully saturated rings. The number of hydrogen-bond donors (Lipinski definition) is 1. The molecule has 0 aliphatic heterocycles. The van der Waals surface area contributed by atoms with E-state index >= 15 is 0 Å². The van der Waals surface area contributed by atoms with Gasteiger partial charge in [0.2, 0.25) is 0 Å². The lowest BCUT2D eigenvalue weighted by atomic mass is 10.0. The van der Waals surface area contributed by atoms with Crippen LogP contribution in [0.5, 0.6) is 0 Å². The van der Waals surface area contributed by atoms with Gasteiger partial charge < -0.3 is 5.73 Å². The second kappa shape index (κ2) is 5.03. The van der Waals surface area contributed by atoms with Gasteiger partial charge in [-0.2, -0.15) is 0 Å². The van der Waals surface area contributed by atoms with Gasteiger partial charge in [0, 0.05) is 6.04 Å². The highest BCUT2D eigenvalue weighted by atomic mass is 14.6. The number of hydrogen-bond acceptors (Lipinski definition) is 1. The summed E-state index contributed by atoms with van der Waals surface area (Å²) in [4.78, 5) is 0. The second-order valence-corrected chi connectivity index (χ2v) is 3.76. The summed E-state index contributed by atoms with van der Waals surface area (Å²) in [6.45, 7) is 4.23. The predicted molar refractivity (Wildman–Crippen MR) is 58.5 cm³/mol. The molecule has 1 unspecified atom stereocenters. The van der Waals surface area contributed by atoms with Crippen LogP contribution in [-0.2, 0) is 0 Å². The highest BCUT2D eigenvalue weighted by Crippen LogP contribution is 2.17. The summed E-state index contributed by atoms with van der Waals surface area (Å²) < 4.78 is 0. The van der Waals surface area contributed by atoms with Crippen molar-refractivity contribution in [3.63, 3.8) is 0 Å². The standard InChI is InChI=1S/C12H19N/c1-10-6-4-3-5-7-12(10)9-8-11(2)13/h4-7,11H,3,8-9,13H2,1-2H3. The maximum atomic E-state index is 5.73. The molecule has 0 bridgehead atoms. The van der Waals surface area contributed by atoms with Gasteiger partial charge in [0.25, 0.3) is 0 Å². The van der Waals surface area contributed by atoms with Gasteiger partial charge in [-0.15, -0.1) is 0 Å². The lowest BCUT2D eigenvalue weighted by Crippen LogP contribution is -2.14. The SMILES string of the molecule is CC1=C(CCC(C)N)C=CCC=C1. The molecule has 0 spiro atoms. The number of allylic oxidation sites excluding steroid dienone is 6. The van der Waals surface area contributed by atoms with Crippen LogP contribution in [0, 0.1) is 0 Å². The average molecular weight is 177 g/mol. The quantitative estimate of drug-likeness (QED) is 0.704. The van der Waals surface area contributed by atoms with E-state index in [9.17, 15) is 0 Å². The maximum absolute atomic E-state index is 5.73. The first kappa shape index (κ1) is 10.3. The third kappa shape index (κ3) is 3.60. The first-order valence-corrected chi connectivity index (χ1v) is 4.98. The summed E-state index contributed by atoms with van der Waals surface area (Å²) in [6.07, 6.45) is 12.1. The summed E-state index contributed by atoms with van der Waals surface area (Å²) >= 11 is 0. The molecule has 72 valence electrons. The van der Waals surface area contributed by atoms with Crippen molar-refractivity contribution in [2.75, 3.05) is 0 Å². The molecule has 0 aromatic heterocycles. The van der Waals surface area contributed by atoms with Crippen molar-refractivity contribution in [3.05, 3.63) is 35.5 Å². The first-order chi connectivity index (χ1) is 6.20. The Labute approximate surface area is 81.0 Å². The van der Waals surface area contributed by atoms with Gasteiger partial charge in [0.15, 0.2) is 0 Å². The molecule has 1 aliphatic rings. The molecule has 1 nitrogen and oxygen atoms in total. The van der Waals surface area contributed by atoms with Crippen molar-refractivity contribution < 1.29 is 0 Å². The Balaban J connectivity index is 2.59. The minimum Gasteiger partial charge on any atom is -0.328 e. The monoisotopic (exact) mass is 177 g/mol. The zero-order valence-electron chi connectivity index (χ0n) is 8.59. The van der Waals surface area contributed by atoms with E-state index in [2.05, 4.69) is 38.2 Å².